The average Bonchev–Trinajstić information content (AvgIpc) is 2.48. The van der Waals surface area contributed by atoms with Crippen molar-refractivity contribution in [3.8, 4) is 11.9 Å². The summed E-state index contributed by atoms with van der Waals surface area (Å²) in [5.41, 5.74) is 0.394. The summed E-state index contributed by atoms with van der Waals surface area (Å²) < 4.78 is 5.23. The number of ether oxygens (including phenoxy) is 1. The molecule has 6 nitrogen and oxygen atoms in total. The number of rotatable bonds is 4. The lowest BCUT2D eigenvalue weighted by Crippen LogP contribution is -2.42. The van der Waals surface area contributed by atoms with E-state index in [1.807, 2.05) is 18.1 Å². The lowest BCUT2D eigenvalue weighted by molar-refractivity contribution is 0.0960. The third-order valence-corrected chi connectivity index (χ3v) is 3.88. The number of anilines is 1. The Hall–Kier alpha value is -1.81. The molecule has 1 unspecified atom stereocenters. The van der Waals surface area contributed by atoms with Crippen molar-refractivity contribution in [3.05, 3.63) is 5.56 Å². The largest absolute Gasteiger partial charge is 0.480 e. The first-order valence-corrected chi connectivity index (χ1v) is 7.55. The van der Waals surface area contributed by atoms with Crippen LogP contribution in [-0.4, -0.2) is 41.7 Å². The molecule has 0 bridgehead atoms. The molecule has 1 aromatic rings. The summed E-state index contributed by atoms with van der Waals surface area (Å²) in [7, 11) is 1.49. The normalized spacial score (nSPS) is 17.6. The predicted octanol–water partition coefficient (Wildman–Crippen LogP) is 1.90. The van der Waals surface area contributed by atoms with Gasteiger partial charge in [0.1, 0.15) is 17.9 Å². The van der Waals surface area contributed by atoms with Crippen molar-refractivity contribution in [2.24, 2.45) is 0 Å². The van der Waals surface area contributed by atoms with Gasteiger partial charge in [0.2, 0.25) is 5.88 Å². The van der Waals surface area contributed by atoms with Crippen LogP contribution in [0.25, 0.3) is 0 Å². The molecular weight excluding hydrogens is 276 g/mol. The van der Waals surface area contributed by atoms with E-state index in [0.717, 1.165) is 6.42 Å². The topological polar surface area (TPSA) is 79.1 Å². The van der Waals surface area contributed by atoms with Crippen LogP contribution in [0.5, 0.6) is 5.88 Å². The molecule has 0 N–H and O–H groups in total. The van der Waals surface area contributed by atoms with Gasteiger partial charge < -0.3 is 9.64 Å². The zero-order valence-corrected chi connectivity index (χ0v) is 12.5. The van der Waals surface area contributed by atoms with Gasteiger partial charge in [0.05, 0.1) is 13.2 Å². The van der Waals surface area contributed by atoms with Gasteiger partial charge in [-0.15, -0.1) is 0 Å². The van der Waals surface area contributed by atoms with Crippen molar-refractivity contribution in [2.75, 3.05) is 24.8 Å². The number of ketones is 1. The third kappa shape index (κ3) is 2.43. The Kier molecular flexibility index (Phi) is 4.45. The second-order valence-corrected chi connectivity index (χ2v) is 5.17. The van der Waals surface area contributed by atoms with Crippen LogP contribution in [0.4, 0.5) is 5.82 Å². The zero-order valence-electron chi connectivity index (χ0n) is 11.7. The van der Waals surface area contributed by atoms with E-state index in [1.54, 1.807) is 0 Å². The Morgan fingerprint density at radius 1 is 1.55 bits per heavy atom. The molecule has 0 radical (unpaired) electrons. The smallest absolute Gasteiger partial charge is 0.230 e. The van der Waals surface area contributed by atoms with E-state index in [9.17, 15) is 4.79 Å². The molecule has 0 saturated heterocycles. The minimum Gasteiger partial charge on any atom is -0.480 e. The highest BCUT2D eigenvalue weighted by Gasteiger charge is 2.35. The maximum absolute atomic E-state index is 12.3. The molecule has 1 atom stereocenters. The van der Waals surface area contributed by atoms with E-state index in [-0.39, 0.29) is 18.4 Å². The molecule has 0 aromatic carbocycles. The van der Waals surface area contributed by atoms with Crippen LogP contribution in [0, 0.1) is 11.3 Å². The molecule has 0 amide bonds. The molecular formula is C13H16N4O2S. The van der Waals surface area contributed by atoms with Crippen molar-refractivity contribution in [2.45, 2.75) is 31.0 Å². The minimum atomic E-state index is -0.0226. The molecule has 0 fully saturated rings. The quantitative estimate of drug-likeness (QED) is 0.476. The first kappa shape index (κ1) is 14.6. The van der Waals surface area contributed by atoms with Crippen molar-refractivity contribution in [1.29, 1.82) is 5.26 Å². The number of fused-ring (bicyclic) bond motifs is 1. The van der Waals surface area contributed by atoms with Crippen LogP contribution in [0.2, 0.25) is 0 Å². The van der Waals surface area contributed by atoms with Crippen LogP contribution in [0.3, 0.4) is 0 Å². The highest BCUT2D eigenvalue weighted by molar-refractivity contribution is 7.98. The summed E-state index contributed by atoms with van der Waals surface area (Å²) in [6.45, 7) is 2.20. The Labute approximate surface area is 122 Å². The number of hydrogen-bond acceptors (Lipinski definition) is 7. The molecule has 1 aliphatic rings. The van der Waals surface area contributed by atoms with E-state index < -0.39 is 0 Å². The first-order valence-electron chi connectivity index (χ1n) is 6.33. The lowest BCUT2D eigenvalue weighted by Gasteiger charge is -2.35. The van der Waals surface area contributed by atoms with Crippen molar-refractivity contribution in [1.82, 2.24) is 9.97 Å². The highest BCUT2D eigenvalue weighted by atomic mass is 32.2. The maximum Gasteiger partial charge on any atom is 0.230 e. The number of nitriles is 1. The van der Waals surface area contributed by atoms with E-state index in [4.69, 9.17) is 10.00 Å². The number of Topliss-reactive ketones (excluding diaryl/α,β-unsaturated/α-hetero) is 1. The second-order valence-electron chi connectivity index (χ2n) is 4.39. The van der Waals surface area contributed by atoms with Gasteiger partial charge in [0, 0.05) is 12.5 Å². The first-order chi connectivity index (χ1) is 9.65. The summed E-state index contributed by atoms with van der Waals surface area (Å²) in [6, 6.07) is 2.14. The van der Waals surface area contributed by atoms with Crippen LogP contribution >= 0.6 is 11.8 Å². The van der Waals surface area contributed by atoms with E-state index in [0.29, 0.717) is 28.8 Å². The van der Waals surface area contributed by atoms with Gasteiger partial charge in [0.15, 0.2) is 10.9 Å². The Balaban J connectivity index is 2.62. The molecule has 2 heterocycles. The number of methoxy groups -OCH3 is 1. The third-order valence-electron chi connectivity index (χ3n) is 3.34. The fourth-order valence-corrected chi connectivity index (χ4v) is 2.70. The van der Waals surface area contributed by atoms with Gasteiger partial charge in [-0.2, -0.15) is 10.2 Å². The van der Waals surface area contributed by atoms with Crippen LogP contribution in [0.1, 0.15) is 30.1 Å². The van der Waals surface area contributed by atoms with Gasteiger partial charge in [-0.05, 0) is 12.7 Å². The summed E-state index contributed by atoms with van der Waals surface area (Å²) >= 11 is 1.38. The molecule has 20 heavy (non-hydrogen) atoms. The summed E-state index contributed by atoms with van der Waals surface area (Å²) in [6.07, 6.45) is 3.01. The zero-order chi connectivity index (χ0) is 14.7. The van der Waals surface area contributed by atoms with E-state index in [2.05, 4.69) is 16.0 Å². The Morgan fingerprint density at radius 2 is 2.30 bits per heavy atom. The number of hydrogen-bond donors (Lipinski definition) is 0. The fourth-order valence-electron chi connectivity index (χ4n) is 2.34. The monoisotopic (exact) mass is 292 g/mol. The van der Waals surface area contributed by atoms with E-state index in [1.165, 1.54) is 18.9 Å². The predicted molar refractivity (Wildman–Crippen MR) is 76.4 cm³/mol. The molecule has 1 aromatic heterocycles. The average molecular weight is 292 g/mol. The molecule has 7 heteroatoms. The number of nitrogens with zero attached hydrogens (tertiary/aromatic N) is 4. The highest BCUT2D eigenvalue weighted by Crippen LogP contribution is 2.36. The van der Waals surface area contributed by atoms with Gasteiger partial charge in [0.25, 0.3) is 0 Å². The molecule has 0 saturated carbocycles. The minimum absolute atomic E-state index is 0.00367. The number of carbonyl (C=O) groups is 1. The van der Waals surface area contributed by atoms with Crippen LogP contribution in [-0.2, 0) is 0 Å². The van der Waals surface area contributed by atoms with Crippen molar-refractivity contribution in [3.63, 3.8) is 0 Å². The van der Waals surface area contributed by atoms with Gasteiger partial charge in [-0.25, -0.2) is 4.98 Å². The molecule has 1 aliphatic heterocycles. The SMILES string of the molecule is CCC1CC(=O)c2c(OC)nc(SC)nc2N1CC#N. The van der Waals surface area contributed by atoms with Gasteiger partial charge in [-0.3, -0.25) is 4.79 Å². The standard InChI is InChI=1S/C13H16N4O2S/c1-4-8-7-9(18)10-11(17(8)6-5-14)15-13(20-3)16-12(10)19-2/h8H,4,6-7H2,1-3H3. The number of aromatic nitrogens is 2. The molecule has 0 spiro atoms. The van der Waals surface area contributed by atoms with Gasteiger partial charge >= 0.3 is 0 Å². The van der Waals surface area contributed by atoms with Crippen LogP contribution < -0.4 is 9.64 Å². The molecule has 106 valence electrons. The lowest BCUT2D eigenvalue weighted by atomic mass is 9.96. The molecule has 0 aliphatic carbocycles. The van der Waals surface area contributed by atoms with Crippen molar-refractivity contribution < 1.29 is 9.53 Å². The fraction of sp³-hybridized carbons (Fsp3) is 0.538. The summed E-state index contributed by atoms with van der Waals surface area (Å²) in [5, 5.41) is 9.56. The Bertz CT molecular complexity index is 570. The molecule has 2 rings (SSSR count). The number of thioether (sulfide) groups is 1. The summed E-state index contributed by atoms with van der Waals surface area (Å²) in [5.74, 6) is 0.790. The summed E-state index contributed by atoms with van der Waals surface area (Å²) in [4.78, 5) is 22.8. The number of carbonyl (C=O) groups excluding carboxylic acids is 1. The maximum atomic E-state index is 12.3. The second kappa shape index (κ2) is 6.09. The van der Waals surface area contributed by atoms with Gasteiger partial charge in [-0.1, -0.05) is 18.7 Å². The Morgan fingerprint density at radius 3 is 2.85 bits per heavy atom. The van der Waals surface area contributed by atoms with Crippen molar-refractivity contribution >= 4 is 23.4 Å². The van der Waals surface area contributed by atoms with Crippen LogP contribution in [0.15, 0.2) is 5.16 Å². The van der Waals surface area contributed by atoms with E-state index >= 15 is 0 Å².